The molecule has 1 aliphatic rings. The molecule has 3 aromatic carbocycles. The number of hydrogen-bond donors (Lipinski definition) is 1. The Kier molecular flexibility index (Phi) is 6.64. The summed E-state index contributed by atoms with van der Waals surface area (Å²) < 4.78 is 40.6. The van der Waals surface area contributed by atoms with Crippen LogP contribution in [0.3, 0.4) is 0 Å². The standard InChI is InChI=1S/C26H23BrN2O5S/c27-21-6-8-22(9-7-21)35(31,32)29(11-10-18-4-2-1-3-5-18)17-20-14-19-15-24-25(34-13-12-33-24)16-23(19)28-26(20)30/h1-9,14-16H,10-13,17H2,(H,28,30). The zero-order valence-corrected chi connectivity index (χ0v) is 21.1. The Morgan fingerprint density at radius 3 is 2.31 bits per heavy atom. The Bertz CT molecular complexity index is 1520. The number of nitrogens with zero attached hydrogens (tertiary/aromatic N) is 1. The monoisotopic (exact) mass is 554 g/mol. The Balaban J connectivity index is 1.51. The minimum absolute atomic E-state index is 0.0645. The third-order valence-electron chi connectivity index (χ3n) is 5.87. The van der Waals surface area contributed by atoms with Gasteiger partial charge in [-0.3, -0.25) is 4.79 Å². The highest BCUT2D eigenvalue weighted by Gasteiger charge is 2.26. The van der Waals surface area contributed by atoms with E-state index in [1.807, 2.05) is 30.3 Å². The summed E-state index contributed by atoms with van der Waals surface area (Å²) in [5, 5.41) is 0.743. The average Bonchev–Trinajstić information content (AvgIpc) is 2.86. The van der Waals surface area contributed by atoms with Gasteiger partial charge in [-0.1, -0.05) is 46.3 Å². The van der Waals surface area contributed by atoms with Crippen LogP contribution < -0.4 is 15.0 Å². The van der Waals surface area contributed by atoms with Crippen molar-refractivity contribution in [3.05, 3.63) is 98.7 Å². The second-order valence-corrected chi connectivity index (χ2v) is 11.1. The maximum Gasteiger partial charge on any atom is 0.252 e. The van der Waals surface area contributed by atoms with E-state index in [1.165, 1.54) is 4.31 Å². The van der Waals surface area contributed by atoms with E-state index in [0.717, 1.165) is 15.4 Å². The zero-order valence-electron chi connectivity index (χ0n) is 18.7. The van der Waals surface area contributed by atoms with Crippen LogP contribution in [-0.2, 0) is 23.0 Å². The smallest absolute Gasteiger partial charge is 0.252 e. The molecule has 0 unspecified atom stereocenters. The van der Waals surface area contributed by atoms with E-state index >= 15 is 0 Å². The van der Waals surface area contributed by atoms with Crippen LogP contribution in [0.25, 0.3) is 10.9 Å². The predicted octanol–water partition coefficient (Wildman–Crippen LogP) is 4.50. The van der Waals surface area contributed by atoms with Gasteiger partial charge in [0, 0.05) is 34.6 Å². The van der Waals surface area contributed by atoms with E-state index in [4.69, 9.17) is 9.47 Å². The fraction of sp³-hybridized carbons (Fsp3) is 0.192. The molecule has 1 aliphatic heterocycles. The van der Waals surface area contributed by atoms with Crippen molar-refractivity contribution in [3.8, 4) is 11.5 Å². The second-order valence-electron chi connectivity index (χ2n) is 8.23. The van der Waals surface area contributed by atoms with Gasteiger partial charge in [0.1, 0.15) is 13.2 Å². The van der Waals surface area contributed by atoms with Gasteiger partial charge in [0.05, 0.1) is 10.4 Å². The number of nitrogens with one attached hydrogen (secondary N) is 1. The molecule has 180 valence electrons. The summed E-state index contributed by atoms with van der Waals surface area (Å²) in [4.78, 5) is 16.0. The molecule has 0 radical (unpaired) electrons. The number of fused-ring (bicyclic) bond motifs is 2. The first kappa shape index (κ1) is 23.6. The number of pyridine rings is 1. The molecule has 0 spiro atoms. The normalized spacial score (nSPS) is 13.3. The van der Waals surface area contributed by atoms with E-state index in [2.05, 4.69) is 20.9 Å². The molecular weight excluding hydrogens is 532 g/mol. The molecule has 0 saturated heterocycles. The molecule has 4 aromatic rings. The molecule has 0 fully saturated rings. The van der Waals surface area contributed by atoms with Crippen molar-refractivity contribution in [2.24, 2.45) is 0 Å². The topological polar surface area (TPSA) is 88.7 Å². The van der Waals surface area contributed by atoms with Gasteiger partial charge in [-0.15, -0.1) is 0 Å². The summed E-state index contributed by atoms with van der Waals surface area (Å²) in [7, 11) is -3.86. The van der Waals surface area contributed by atoms with Gasteiger partial charge in [-0.05, 0) is 48.4 Å². The lowest BCUT2D eigenvalue weighted by Gasteiger charge is -2.23. The highest BCUT2D eigenvalue weighted by molar-refractivity contribution is 9.10. The molecule has 0 saturated carbocycles. The molecule has 0 aliphatic carbocycles. The lowest BCUT2D eigenvalue weighted by atomic mass is 10.1. The van der Waals surface area contributed by atoms with E-state index in [9.17, 15) is 13.2 Å². The summed E-state index contributed by atoms with van der Waals surface area (Å²) in [6.45, 7) is 1.06. The number of benzene rings is 3. The number of ether oxygens (including phenoxy) is 2. The highest BCUT2D eigenvalue weighted by atomic mass is 79.9. The van der Waals surface area contributed by atoms with Gasteiger partial charge in [-0.2, -0.15) is 4.31 Å². The SMILES string of the molecule is O=c1[nH]c2cc3c(cc2cc1CN(CCc1ccccc1)S(=O)(=O)c1ccc(Br)cc1)OCCO3. The van der Waals surface area contributed by atoms with E-state index in [1.54, 1.807) is 42.5 Å². The van der Waals surface area contributed by atoms with Crippen molar-refractivity contribution >= 4 is 36.9 Å². The zero-order chi connectivity index (χ0) is 24.4. The molecule has 9 heteroatoms. The van der Waals surface area contributed by atoms with Crippen molar-refractivity contribution < 1.29 is 17.9 Å². The number of halogens is 1. The first-order valence-corrected chi connectivity index (χ1v) is 13.4. The fourth-order valence-electron chi connectivity index (χ4n) is 4.03. The van der Waals surface area contributed by atoms with Crippen LogP contribution in [-0.4, -0.2) is 37.5 Å². The highest BCUT2D eigenvalue weighted by Crippen LogP contribution is 2.34. The second kappa shape index (κ2) is 9.85. The van der Waals surface area contributed by atoms with Crippen LogP contribution in [0.4, 0.5) is 0 Å². The first-order valence-electron chi connectivity index (χ1n) is 11.2. The molecule has 35 heavy (non-hydrogen) atoms. The summed E-state index contributed by atoms with van der Waals surface area (Å²) in [5.74, 6) is 1.18. The Labute approximate surface area is 211 Å². The molecule has 2 heterocycles. The number of aromatic nitrogens is 1. The summed E-state index contributed by atoms with van der Waals surface area (Å²) in [5.41, 5.74) is 1.63. The Morgan fingerprint density at radius 2 is 1.60 bits per heavy atom. The molecule has 0 bridgehead atoms. The van der Waals surface area contributed by atoms with Crippen molar-refractivity contribution in [1.29, 1.82) is 0 Å². The third-order valence-corrected chi connectivity index (χ3v) is 8.26. The van der Waals surface area contributed by atoms with Gasteiger partial charge in [0.2, 0.25) is 10.0 Å². The minimum Gasteiger partial charge on any atom is -0.486 e. The first-order chi connectivity index (χ1) is 16.9. The van der Waals surface area contributed by atoms with Crippen LogP contribution >= 0.6 is 15.9 Å². The van der Waals surface area contributed by atoms with Crippen LogP contribution in [0.2, 0.25) is 0 Å². The quantitative estimate of drug-likeness (QED) is 0.363. The van der Waals surface area contributed by atoms with Crippen molar-refractivity contribution in [1.82, 2.24) is 9.29 Å². The summed E-state index contributed by atoms with van der Waals surface area (Å²) >= 11 is 3.35. The lowest BCUT2D eigenvalue weighted by Crippen LogP contribution is -2.34. The Morgan fingerprint density at radius 1 is 0.914 bits per heavy atom. The van der Waals surface area contributed by atoms with Crippen LogP contribution in [0, 0.1) is 0 Å². The fourth-order valence-corrected chi connectivity index (χ4v) is 5.72. The number of sulfonamides is 1. The van der Waals surface area contributed by atoms with Gasteiger partial charge >= 0.3 is 0 Å². The van der Waals surface area contributed by atoms with Crippen LogP contribution in [0.1, 0.15) is 11.1 Å². The molecule has 0 amide bonds. The summed E-state index contributed by atoms with van der Waals surface area (Å²) in [6, 6.07) is 21.4. The molecule has 1 aromatic heterocycles. The molecule has 0 atom stereocenters. The minimum atomic E-state index is -3.86. The van der Waals surface area contributed by atoms with Gasteiger partial charge < -0.3 is 14.5 Å². The van der Waals surface area contributed by atoms with Gasteiger partial charge in [0.25, 0.3) is 5.56 Å². The largest absolute Gasteiger partial charge is 0.486 e. The van der Waals surface area contributed by atoms with E-state index in [0.29, 0.717) is 42.2 Å². The van der Waals surface area contributed by atoms with Crippen LogP contribution in [0.5, 0.6) is 11.5 Å². The van der Waals surface area contributed by atoms with E-state index in [-0.39, 0.29) is 23.5 Å². The molecule has 5 rings (SSSR count). The number of rotatable bonds is 7. The maximum atomic E-state index is 13.6. The average molecular weight is 555 g/mol. The third kappa shape index (κ3) is 5.12. The van der Waals surface area contributed by atoms with Crippen molar-refractivity contribution in [2.45, 2.75) is 17.9 Å². The van der Waals surface area contributed by atoms with Crippen molar-refractivity contribution in [2.75, 3.05) is 19.8 Å². The maximum absolute atomic E-state index is 13.6. The predicted molar refractivity (Wildman–Crippen MR) is 137 cm³/mol. The Hall–Kier alpha value is -3.14. The van der Waals surface area contributed by atoms with E-state index < -0.39 is 10.0 Å². The number of H-pyrrole nitrogens is 1. The molecular formula is C26H23BrN2O5S. The van der Waals surface area contributed by atoms with Gasteiger partial charge in [0.15, 0.2) is 11.5 Å². The molecule has 7 nitrogen and oxygen atoms in total. The van der Waals surface area contributed by atoms with Gasteiger partial charge in [-0.25, -0.2) is 8.42 Å². The molecule has 1 N–H and O–H groups in total. The number of hydrogen-bond acceptors (Lipinski definition) is 5. The van der Waals surface area contributed by atoms with Crippen molar-refractivity contribution in [3.63, 3.8) is 0 Å². The number of aromatic amines is 1. The van der Waals surface area contributed by atoms with Crippen LogP contribution in [0.15, 0.2) is 87.0 Å². The lowest BCUT2D eigenvalue weighted by molar-refractivity contribution is 0.172. The summed E-state index contributed by atoms with van der Waals surface area (Å²) in [6.07, 6.45) is 0.515.